The minimum absolute atomic E-state index is 0.00303. The summed E-state index contributed by atoms with van der Waals surface area (Å²) >= 11 is 0. The molecular weight excluding hydrogens is 448 g/mol. The van der Waals surface area contributed by atoms with E-state index in [1.807, 2.05) is 17.4 Å². The topological polar surface area (TPSA) is 68.9 Å². The molecule has 0 spiro atoms. The molecule has 3 heterocycles. The Bertz CT molecular complexity index is 1220. The number of morpholine rings is 1. The van der Waals surface area contributed by atoms with Gasteiger partial charge in [0.15, 0.2) is 0 Å². The number of carbonyl (C=O) groups is 1. The largest absolute Gasteiger partial charge is 0.371 e. The van der Waals surface area contributed by atoms with Gasteiger partial charge in [0.25, 0.3) is 0 Å². The number of nitrogens with one attached hydrogen (secondary N) is 1. The summed E-state index contributed by atoms with van der Waals surface area (Å²) in [6.07, 6.45) is 2.39. The Labute approximate surface area is 203 Å². The first-order valence-electron chi connectivity index (χ1n) is 12.0. The molecule has 0 saturated carbocycles. The van der Waals surface area contributed by atoms with Crippen molar-refractivity contribution in [2.75, 3.05) is 57.9 Å². The summed E-state index contributed by atoms with van der Waals surface area (Å²) in [5.41, 5.74) is 5.64. The molecule has 180 valence electrons. The molecule has 0 radical (unpaired) electrons. The summed E-state index contributed by atoms with van der Waals surface area (Å²) in [6, 6.07) is 14.8. The highest BCUT2D eigenvalue weighted by Crippen LogP contribution is 2.36. The number of rotatable bonds is 7. The van der Waals surface area contributed by atoms with Crippen molar-refractivity contribution in [3.05, 3.63) is 48.0 Å². The van der Waals surface area contributed by atoms with Crippen LogP contribution in [0.3, 0.4) is 0 Å². The fourth-order valence-corrected chi connectivity index (χ4v) is 5.78. The van der Waals surface area contributed by atoms with E-state index in [2.05, 4.69) is 53.2 Å². The molecule has 1 N–H and O–H groups in total. The third-order valence-electron chi connectivity index (χ3n) is 6.74. The summed E-state index contributed by atoms with van der Waals surface area (Å²) in [5.74, 6) is -0.00303. The van der Waals surface area contributed by atoms with E-state index in [0.717, 1.165) is 34.8 Å². The monoisotopic (exact) mass is 480 g/mol. The highest BCUT2D eigenvalue weighted by atomic mass is 32.2. The number of hydrogen-bond donors (Lipinski definition) is 1. The van der Waals surface area contributed by atoms with Crippen LogP contribution in [0.5, 0.6) is 0 Å². The molecule has 0 aliphatic carbocycles. The zero-order valence-electron chi connectivity index (χ0n) is 19.9. The van der Waals surface area contributed by atoms with E-state index in [1.165, 1.54) is 29.5 Å². The lowest BCUT2D eigenvalue weighted by atomic mass is 10.1. The number of H-pyrrole nitrogens is 1. The van der Waals surface area contributed by atoms with Gasteiger partial charge in [-0.3, -0.25) is 4.79 Å². The minimum Gasteiger partial charge on any atom is -0.371 e. The zero-order valence-corrected chi connectivity index (χ0v) is 20.7. The fourth-order valence-electron chi connectivity index (χ4n) is 4.77. The Balaban J connectivity index is 1.42. The second-order valence-electron chi connectivity index (χ2n) is 9.18. The number of ether oxygens (including phenoxy) is 1. The summed E-state index contributed by atoms with van der Waals surface area (Å²) in [4.78, 5) is 20.6. The second-order valence-corrected chi connectivity index (χ2v) is 10.8. The quantitative estimate of drug-likeness (QED) is 0.562. The first-order valence-corrected chi connectivity index (χ1v) is 13.1. The molecule has 8 heteroatoms. The summed E-state index contributed by atoms with van der Waals surface area (Å²) in [5, 5.41) is 1.17. The standard InChI is InChI=1S/C26H32N4O3S/c1-19-5-6-20-16-24(27-23(20)15-19)22-17-21(7-8-25(22)29-9-3-4-10-29)34(32)28(2)11-12-30-13-14-33-18-26(30)31/h5-8,15-17,27H,3-4,9-14,18H2,1-2H3. The summed E-state index contributed by atoms with van der Waals surface area (Å²) in [6.45, 7) is 6.55. The van der Waals surface area contributed by atoms with Crippen LogP contribution in [0.2, 0.25) is 0 Å². The molecule has 2 saturated heterocycles. The lowest BCUT2D eigenvalue weighted by molar-refractivity contribution is -0.142. The van der Waals surface area contributed by atoms with E-state index in [9.17, 15) is 9.00 Å². The first kappa shape index (κ1) is 23.1. The zero-order chi connectivity index (χ0) is 23.7. The molecule has 2 aromatic carbocycles. The van der Waals surface area contributed by atoms with Crippen LogP contribution >= 0.6 is 0 Å². The fraction of sp³-hybridized carbons (Fsp3) is 0.423. The van der Waals surface area contributed by atoms with Gasteiger partial charge in [0.2, 0.25) is 5.91 Å². The molecule has 2 fully saturated rings. The molecule has 0 bridgehead atoms. The summed E-state index contributed by atoms with van der Waals surface area (Å²) in [7, 11) is 0.521. The Morgan fingerprint density at radius 1 is 1.09 bits per heavy atom. The van der Waals surface area contributed by atoms with Gasteiger partial charge in [-0.25, -0.2) is 8.51 Å². The normalized spacial score (nSPS) is 17.8. The number of benzene rings is 2. The lowest BCUT2D eigenvalue weighted by Gasteiger charge is -2.28. The van der Waals surface area contributed by atoms with Crippen LogP contribution in [0.25, 0.3) is 22.2 Å². The molecule has 1 amide bonds. The third kappa shape index (κ3) is 4.76. The molecule has 2 aliphatic heterocycles. The first-order chi connectivity index (χ1) is 16.5. The molecule has 7 nitrogen and oxygen atoms in total. The number of nitrogens with zero attached hydrogens (tertiary/aromatic N) is 3. The number of anilines is 1. The third-order valence-corrected chi connectivity index (χ3v) is 8.14. The molecule has 3 aromatic rings. The second kappa shape index (κ2) is 9.90. The number of likely N-dealkylation sites (N-methyl/N-ethyl adjacent to an activating group) is 1. The van der Waals surface area contributed by atoms with Gasteiger partial charge in [-0.05, 0) is 55.7 Å². The molecular formula is C26H32N4O3S. The van der Waals surface area contributed by atoms with Crippen molar-refractivity contribution in [2.45, 2.75) is 24.7 Å². The van der Waals surface area contributed by atoms with E-state index in [4.69, 9.17) is 4.74 Å². The highest BCUT2D eigenvalue weighted by Gasteiger charge is 2.22. The van der Waals surface area contributed by atoms with E-state index in [0.29, 0.717) is 26.2 Å². The van der Waals surface area contributed by atoms with Crippen molar-refractivity contribution in [2.24, 2.45) is 0 Å². The molecule has 1 atom stereocenters. The van der Waals surface area contributed by atoms with Gasteiger partial charge in [-0.1, -0.05) is 12.1 Å². The van der Waals surface area contributed by atoms with Crippen LogP contribution in [0.4, 0.5) is 5.69 Å². The van der Waals surface area contributed by atoms with Crippen LogP contribution < -0.4 is 4.90 Å². The lowest BCUT2D eigenvalue weighted by Crippen LogP contribution is -2.45. The van der Waals surface area contributed by atoms with Gasteiger partial charge >= 0.3 is 0 Å². The van der Waals surface area contributed by atoms with Gasteiger partial charge in [-0.15, -0.1) is 0 Å². The molecule has 5 rings (SSSR count). The van der Waals surface area contributed by atoms with E-state index in [-0.39, 0.29) is 12.5 Å². The Kier molecular flexibility index (Phi) is 6.72. The maximum absolute atomic E-state index is 13.4. The van der Waals surface area contributed by atoms with Crippen molar-refractivity contribution < 1.29 is 13.7 Å². The molecule has 1 unspecified atom stereocenters. The molecule has 34 heavy (non-hydrogen) atoms. The van der Waals surface area contributed by atoms with E-state index >= 15 is 0 Å². The number of hydrogen-bond acceptors (Lipinski definition) is 4. The number of fused-ring (bicyclic) bond motifs is 1. The average Bonchev–Trinajstić information content (AvgIpc) is 3.52. The van der Waals surface area contributed by atoms with Crippen LogP contribution in [-0.2, 0) is 20.5 Å². The predicted molar refractivity (Wildman–Crippen MR) is 136 cm³/mol. The number of carbonyl (C=O) groups excluding carboxylic acids is 1. The Hall–Kier alpha value is -2.68. The van der Waals surface area contributed by atoms with Crippen molar-refractivity contribution in [3.8, 4) is 11.3 Å². The summed E-state index contributed by atoms with van der Waals surface area (Å²) < 4.78 is 20.4. The average molecular weight is 481 g/mol. The number of aromatic nitrogens is 1. The van der Waals surface area contributed by atoms with Gasteiger partial charge in [-0.2, -0.15) is 0 Å². The Morgan fingerprint density at radius 3 is 2.71 bits per heavy atom. The van der Waals surface area contributed by atoms with E-state index in [1.54, 1.807) is 4.90 Å². The number of aromatic amines is 1. The van der Waals surface area contributed by atoms with Gasteiger partial charge in [0, 0.05) is 67.6 Å². The van der Waals surface area contributed by atoms with Crippen molar-refractivity contribution >= 4 is 33.5 Å². The van der Waals surface area contributed by atoms with Crippen LogP contribution in [-0.4, -0.2) is 77.3 Å². The van der Waals surface area contributed by atoms with Gasteiger partial charge < -0.3 is 19.5 Å². The van der Waals surface area contributed by atoms with Crippen LogP contribution in [0.15, 0.2) is 47.4 Å². The molecule has 1 aromatic heterocycles. The smallest absolute Gasteiger partial charge is 0.248 e. The van der Waals surface area contributed by atoms with Gasteiger partial charge in [0.1, 0.15) is 17.6 Å². The number of amides is 1. The van der Waals surface area contributed by atoms with E-state index < -0.39 is 11.0 Å². The minimum atomic E-state index is -1.33. The van der Waals surface area contributed by atoms with Gasteiger partial charge in [0.05, 0.1) is 11.5 Å². The predicted octanol–water partition coefficient (Wildman–Crippen LogP) is 3.56. The van der Waals surface area contributed by atoms with Crippen molar-refractivity contribution in [1.29, 1.82) is 0 Å². The van der Waals surface area contributed by atoms with Crippen LogP contribution in [0.1, 0.15) is 18.4 Å². The maximum Gasteiger partial charge on any atom is 0.248 e. The number of aryl methyl sites for hydroxylation is 1. The SMILES string of the molecule is Cc1ccc2cc(-c3cc(S(=O)N(C)CCN4CCOCC4=O)ccc3N3CCCC3)[nH]c2c1. The maximum atomic E-state index is 13.4. The van der Waals surface area contributed by atoms with Crippen LogP contribution in [0, 0.1) is 6.92 Å². The molecule has 2 aliphatic rings. The van der Waals surface area contributed by atoms with Crippen molar-refractivity contribution in [1.82, 2.24) is 14.2 Å². The highest BCUT2D eigenvalue weighted by molar-refractivity contribution is 7.82. The van der Waals surface area contributed by atoms with Crippen molar-refractivity contribution in [3.63, 3.8) is 0 Å². The Morgan fingerprint density at radius 2 is 1.91 bits per heavy atom.